The Morgan fingerprint density at radius 1 is 0.536 bits per heavy atom. The minimum Gasteiger partial charge on any atom is -0.457 e. The molecule has 5 nitrogen and oxygen atoms in total. The normalized spacial score (nSPS) is 11.6. The van der Waals surface area contributed by atoms with E-state index in [2.05, 4.69) is 189 Å². The Morgan fingerprint density at radius 3 is 1.86 bits per heavy atom. The summed E-state index contributed by atoms with van der Waals surface area (Å²) < 4.78 is 11.1. The number of ether oxygens (including phenoxy) is 1. The van der Waals surface area contributed by atoms with E-state index in [1.807, 2.05) is 18.3 Å². The van der Waals surface area contributed by atoms with Crippen molar-refractivity contribution in [1.82, 2.24) is 19.3 Å². The van der Waals surface area contributed by atoms with Gasteiger partial charge in [-0.2, -0.15) is 5.10 Å². The molecule has 0 amide bonds. The quantitative estimate of drug-likeness (QED) is 0.149. The summed E-state index contributed by atoms with van der Waals surface area (Å²) in [5.41, 5.74) is 13.7. The van der Waals surface area contributed by atoms with Gasteiger partial charge in [0.1, 0.15) is 17.3 Å². The smallest absolute Gasteiger partial charge is 0.137 e. The highest BCUT2D eigenvalue weighted by Crippen LogP contribution is 2.47. The van der Waals surface area contributed by atoms with Crippen LogP contribution in [-0.2, 0) is 0 Å². The minimum atomic E-state index is 0.168. The van der Waals surface area contributed by atoms with Gasteiger partial charge in [-0.3, -0.25) is 4.57 Å². The largest absolute Gasteiger partial charge is 0.457 e. The summed E-state index contributed by atoms with van der Waals surface area (Å²) in [5.74, 6) is 2.73. The molecular formula is C51H44N4O. The molecule has 0 aliphatic rings. The van der Waals surface area contributed by atoms with E-state index in [4.69, 9.17) is 14.8 Å². The number of hydrogen-bond donors (Lipinski definition) is 0. The standard InChI is InChI=1S/C51H44N4O/c1-33(2)50-49(48-41(36-16-8-6-9-17-36)23-15-24-42(48)37-18-10-7-11-19-37)51(34(3)4)55(53-50)38-20-14-21-39(31-38)56-40-26-27-44-43-22-12-13-25-45(43)54(46(44)32-40)47-30-35(5)28-29-52-47/h6-34H,1-5H3. The Morgan fingerprint density at radius 2 is 1.18 bits per heavy atom. The van der Waals surface area contributed by atoms with E-state index in [0.717, 1.165) is 50.7 Å². The maximum absolute atomic E-state index is 6.71. The predicted octanol–water partition coefficient (Wildman–Crippen LogP) is 13.7. The number of rotatable bonds is 9. The van der Waals surface area contributed by atoms with Crippen LogP contribution in [0.3, 0.4) is 0 Å². The van der Waals surface area contributed by atoms with Crippen molar-refractivity contribution in [1.29, 1.82) is 0 Å². The minimum absolute atomic E-state index is 0.168. The summed E-state index contributed by atoms with van der Waals surface area (Å²) in [4.78, 5) is 4.76. The lowest BCUT2D eigenvalue weighted by atomic mass is 9.83. The van der Waals surface area contributed by atoms with E-state index >= 15 is 0 Å². The van der Waals surface area contributed by atoms with Crippen LogP contribution in [-0.4, -0.2) is 19.3 Å². The molecule has 0 atom stereocenters. The zero-order valence-corrected chi connectivity index (χ0v) is 32.4. The summed E-state index contributed by atoms with van der Waals surface area (Å²) >= 11 is 0. The molecule has 0 saturated carbocycles. The van der Waals surface area contributed by atoms with E-state index in [-0.39, 0.29) is 11.8 Å². The van der Waals surface area contributed by atoms with Crippen LogP contribution in [0.4, 0.5) is 0 Å². The highest BCUT2D eigenvalue weighted by Gasteiger charge is 2.28. The maximum Gasteiger partial charge on any atom is 0.137 e. The molecule has 0 aliphatic heterocycles. The lowest BCUT2D eigenvalue weighted by molar-refractivity contribution is 0.482. The van der Waals surface area contributed by atoms with Gasteiger partial charge >= 0.3 is 0 Å². The Balaban J connectivity index is 1.19. The molecule has 3 heterocycles. The monoisotopic (exact) mass is 728 g/mol. The molecule has 0 saturated heterocycles. The summed E-state index contributed by atoms with van der Waals surface area (Å²) in [6.45, 7) is 11.1. The summed E-state index contributed by atoms with van der Waals surface area (Å²) in [7, 11) is 0. The molecule has 274 valence electrons. The van der Waals surface area contributed by atoms with Crippen molar-refractivity contribution in [2.75, 3.05) is 0 Å². The summed E-state index contributed by atoms with van der Waals surface area (Å²) in [6.07, 6.45) is 1.87. The van der Waals surface area contributed by atoms with Crippen molar-refractivity contribution in [3.05, 3.63) is 181 Å². The van der Waals surface area contributed by atoms with E-state index in [1.165, 1.54) is 44.5 Å². The molecule has 56 heavy (non-hydrogen) atoms. The van der Waals surface area contributed by atoms with Gasteiger partial charge in [0, 0.05) is 40.2 Å². The predicted molar refractivity (Wildman–Crippen MR) is 231 cm³/mol. The molecule has 3 aromatic heterocycles. The van der Waals surface area contributed by atoms with Gasteiger partial charge < -0.3 is 4.74 Å². The Bertz CT molecular complexity index is 2790. The third kappa shape index (κ3) is 6.25. The molecule has 0 bridgehead atoms. The van der Waals surface area contributed by atoms with E-state index in [9.17, 15) is 0 Å². The van der Waals surface area contributed by atoms with Crippen LogP contribution in [0.2, 0.25) is 0 Å². The third-order valence-electron chi connectivity index (χ3n) is 10.6. The lowest BCUT2D eigenvalue weighted by Gasteiger charge is -2.20. The van der Waals surface area contributed by atoms with Crippen LogP contribution in [0, 0.1) is 6.92 Å². The van der Waals surface area contributed by atoms with Crippen molar-refractivity contribution in [3.63, 3.8) is 0 Å². The van der Waals surface area contributed by atoms with Gasteiger partial charge in [0.05, 0.1) is 28.1 Å². The molecule has 0 unspecified atom stereocenters. The maximum atomic E-state index is 6.71. The van der Waals surface area contributed by atoms with Crippen LogP contribution in [0.15, 0.2) is 164 Å². The number of pyridine rings is 1. The van der Waals surface area contributed by atoms with Crippen molar-refractivity contribution in [3.8, 4) is 56.4 Å². The first-order valence-electron chi connectivity index (χ1n) is 19.5. The Hall–Kier alpha value is -6.72. The molecule has 0 aliphatic carbocycles. The number of benzene rings is 6. The van der Waals surface area contributed by atoms with Crippen LogP contribution < -0.4 is 4.74 Å². The van der Waals surface area contributed by atoms with Gasteiger partial charge in [-0.15, -0.1) is 0 Å². The van der Waals surface area contributed by atoms with Gasteiger partial charge in [0.25, 0.3) is 0 Å². The van der Waals surface area contributed by atoms with Crippen molar-refractivity contribution in [2.45, 2.75) is 46.5 Å². The van der Waals surface area contributed by atoms with Gasteiger partial charge in [-0.05, 0) is 89.0 Å². The fourth-order valence-electron chi connectivity index (χ4n) is 8.10. The average Bonchev–Trinajstić information content (AvgIpc) is 3.78. The van der Waals surface area contributed by atoms with Crippen LogP contribution in [0.5, 0.6) is 11.5 Å². The summed E-state index contributed by atoms with van der Waals surface area (Å²) in [5, 5.41) is 7.80. The molecule has 6 aromatic carbocycles. The first-order chi connectivity index (χ1) is 27.4. The average molecular weight is 729 g/mol. The molecule has 5 heteroatoms. The van der Waals surface area contributed by atoms with Gasteiger partial charge in [-0.25, -0.2) is 9.67 Å². The molecule has 0 N–H and O–H groups in total. The van der Waals surface area contributed by atoms with E-state index < -0.39 is 0 Å². The number of hydrogen-bond acceptors (Lipinski definition) is 3. The van der Waals surface area contributed by atoms with E-state index in [1.54, 1.807) is 0 Å². The second-order valence-corrected chi connectivity index (χ2v) is 15.1. The van der Waals surface area contributed by atoms with Gasteiger partial charge in [0.15, 0.2) is 0 Å². The first-order valence-corrected chi connectivity index (χ1v) is 19.5. The number of para-hydroxylation sites is 1. The highest BCUT2D eigenvalue weighted by molar-refractivity contribution is 6.09. The molecular weight excluding hydrogens is 685 g/mol. The molecule has 9 aromatic rings. The summed E-state index contributed by atoms with van der Waals surface area (Å²) in [6, 6.07) is 55.4. The second-order valence-electron chi connectivity index (χ2n) is 15.1. The van der Waals surface area contributed by atoms with Gasteiger partial charge in [0.2, 0.25) is 0 Å². The van der Waals surface area contributed by atoms with E-state index in [0.29, 0.717) is 0 Å². The zero-order valence-electron chi connectivity index (χ0n) is 32.4. The first kappa shape index (κ1) is 35.0. The SMILES string of the molecule is Cc1ccnc(-n2c3ccccc3c3ccc(Oc4cccc(-n5nc(C(C)C)c(-c6c(-c7ccccc7)cccc6-c6ccccc6)c5C(C)C)c4)cc32)c1. The molecule has 0 spiro atoms. The van der Waals surface area contributed by atoms with Crippen LogP contribution >= 0.6 is 0 Å². The van der Waals surface area contributed by atoms with Crippen LogP contribution in [0.25, 0.3) is 66.7 Å². The number of aryl methyl sites for hydroxylation is 1. The second kappa shape index (κ2) is 14.5. The van der Waals surface area contributed by atoms with Crippen LogP contribution in [0.1, 0.15) is 56.5 Å². The molecule has 0 fully saturated rings. The van der Waals surface area contributed by atoms with Gasteiger partial charge in [-0.1, -0.05) is 131 Å². The van der Waals surface area contributed by atoms with Crippen molar-refractivity contribution < 1.29 is 4.74 Å². The van der Waals surface area contributed by atoms with Crippen molar-refractivity contribution in [2.24, 2.45) is 0 Å². The third-order valence-corrected chi connectivity index (χ3v) is 10.6. The number of fused-ring (bicyclic) bond motifs is 3. The highest BCUT2D eigenvalue weighted by atomic mass is 16.5. The van der Waals surface area contributed by atoms with Crippen molar-refractivity contribution >= 4 is 21.8 Å². The molecule has 0 radical (unpaired) electrons. The zero-order chi connectivity index (χ0) is 38.3. The topological polar surface area (TPSA) is 44.9 Å². The fourth-order valence-corrected chi connectivity index (χ4v) is 8.10. The Kier molecular flexibility index (Phi) is 9.06. The number of aromatic nitrogens is 4. The fraction of sp³-hybridized carbons (Fsp3) is 0.137. The Labute approximate surface area is 328 Å². The number of nitrogens with zero attached hydrogens (tertiary/aromatic N) is 4. The lowest BCUT2D eigenvalue weighted by Crippen LogP contribution is -2.05. The molecule has 9 rings (SSSR count).